The zero-order valence-corrected chi connectivity index (χ0v) is 17.9. The minimum Gasteiger partial charge on any atom is -0.419 e. The monoisotopic (exact) mass is 420 g/mol. The Hall–Kier alpha value is -3.03. The Labute approximate surface area is 179 Å². The van der Waals surface area contributed by atoms with Crippen LogP contribution in [-0.4, -0.2) is 33.6 Å². The molecule has 2 heterocycles. The Morgan fingerprint density at radius 2 is 1.97 bits per heavy atom. The van der Waals surface area contributed by atoms with E-state index < -0.39 is 0 Å². The first-order valence-electron chi connectivity index (χ1n) is 10.0. The molecular weight excluding hydrogens is 396 g/mol. The van der Waals surface area contributed by atoms with Crippen LogP contribution in [0.2, 0.25) is 0 Å². The Balaban J connectivity index is 1.45. The molecule has 0 aliphatic heterocycles. The normalized spacial score (nSPS) is 12.4. The van der Waals surface area contributed by atoms with Gasteiger partial charge in [-0.25, -0.2) is 0 Å². The van der Waals surface area contributed by atoms with Crippen molar-refractivity contribution in [2.24, 2.45) is 0 Å². The van der Waals surface area contributed by atoms with E-state index >= 15 is 0 Å². The third-order valence-electron chi connectivity index (χ3n) is 4.99. The number of thiophene rings is 1. The molecule has 0 fully saturated rings. The van der Waals surface area contributed by atoms with Crippen molar-refractivity contribution < 1.29 is 9.21 Å². The van der Waals surface area contributed by atoms with Gasteiger partial charge in [-0.3, -0.25) is 9.69 Å². The van der Waals surface area contributed by atoms with Crippen molar-refractivity contribution >= 4 is 33.7 Å². The standard InChI is InChI=1S/C23H24N4O2S/c1-3-12-27(15-21-25-26-23(29-21)20-9-6-13-30-20)16(2)22(28)24-19-11-10-17-7-4-5-8-18(17)14-19/h4-11,13-14,16H,3,12,15H2,1-2H3,(H,24,28)/t16-/m1/s1. The Bertz CT molecular complexity index is 1120. The molecule has 0 saturated heterocycles. The number of nitrogens with zero attached hydrogens (tertiary/aromatic N) is 3. The van der Waals surface area contributed by atoms with E-state index in [4.69, 9.17) is 4.42 Å². The molecule has 30 heavy (non-hydrogen) atoms. The highest BCUT2D eigenvalue weighted by molar-refractivity contribution is 7.13. The van der Waals surface area contributed by atoms with Gasteiger partial charge in [0.1, 0.15) is 0 Å². The Kier molecular flexibility index (Phi) is 6.21. The SMILES string of the molecule is CCCN(Cc1nnc(-c2cccs2)o1)[C@H](C)C(=O)Nc1ccc2ccccc2c1. The van der Waals surface area contributed by atoms with Crippen molar-refractivity contribution in [2.45, 2.75) is 32.9 Å². The average molecular weight is 421 g/mol. The first-order valence-corrected chi connectivity index (χ1v) is 10.9. The molecule has 0 aliphatic rings. The fourth-order valence-corrected chi connectivity index (χ4v) is 4.01. The van der Waals surface area contributed by atoms with Crippen LogP contribution in [0.1, 0.15) is 26.2 Å². The molecule has 1 atom stereocenters. The average Bonchev–Trinajstić information content (AvgIpc) is 3.45. The molecule has 0 bridgehead atoms. The lowest BCUT2D eigenvalue weighted by atomic mass is 10.1. The van der Waals surface area contributed by atoms with Crippen molar-refractivity contribution in [2.75, 3.05) is 11.9 Å². The third kappa shape index (κ3) is 4.58. The molecule has 0 unspecified atom stereocenters. The van der Waals surface area contributed by atoms with Crippen LogP contribution in [0, 0.1) is 0 Å². The second-order valence-corrected chi connectivity index (χ2v) is 8.12. The summed E-state index contributed by atoms with van der Waals surface area (Å²) in [6, 6.07) is 17.6. The lowest BCUT2D eigenvalue weighted by Gasteiger charge is -2.26. The summed E-state index contributed by atoms with van der Waals surface area (Å²) in [4.78, 5) is 15.9. The van der Waals surface area contributed by atoms with Crippen LogP contribution in [0.4, 0.5) is 5.69 Å². The number of aromatic nitrogens is 2. The fraction of sp³-hybridized carbons (Fsp3) is 0.261. The summed E-state index contributed by atoms with van der Waals surface area (Å²) in [6.45, 7) is 5.18. The smallest absolute Gasteiger partial charge is 0.257 e. The van der Waals surface area contributed by atoms with Crippen LogP contribution < -0.4 is 5.32 Å². The van der Waals surface area contributed by atoms with E-state index in [2.05, 4.69) is 33.4 Å². The van der Waals surface area contributed by atoms with Crippen LogP contribution in [0.5, 0.6) is 0 Å². The van der Waals surface area contributed by atoms with Gasteiger partial charge in [0.15, 0.2) is 0 Å². The largest absolute Gasteiger partial charge is 0.419 e. The number of benzene rings is 2. The van der Waals surface area contributed by atoms with Gasteiger partial charge in [-0.05, 0) is 54.2 Å². The van der Waals surface area contributed by atoms with E-state index in [1.807, 2.05) is 60.8 Å². The number of nitrogens with one attached hydrogen (secondary N) is 1. The van der Waals surface area contributed by atoms with Crippen LogP contribution in [0.3, 0.4) is 0 Å². The third-order valence-corrected chi connectivity index (χ3v) is 5.85. The Morgan fingerprint density at radius 1 is 1.13 bits per heavy atom. The summed E-state index contributed by atoms with van der Waals surface area (Å²) in [5, 5.41) is 15.6. The molecule has 0 aliphatic carbocycles. The molecule has 1 amide bonds. The number of anilines is 1. The van der Waals surface area contributed by atoms with E-state index in [1.165, 1.54) is 0 Å². The summed E-state index contributed by atoms with van der Waals surface area (Å²) < 4.78 is 5.82. The highest BCUT2D eigenvalue weighted by atomic mass is 32.1. The Morgan fingerprint density at radius 3 is 2.73 bits per heavy atom. The molecule has 7 heteroatoms. The first-order chi connectivity index (χ1) is 14.6. The van der Waals surface area contributed by atoms with Crippen molar-refractivity contribution in [1.29, 1.82) is 0 Å². The van der Waals surface area contributed by atoms with Crippen LogP contribution in [-0.2, 0) is 11.3 Å². The van der Waals surface area contributed by atoms with Crippen LogP contribution in [0.15, 0.2) is 64.4 Å². The predicted molar refractivity (Wildman–Crippen MR) is 120 cm³/mol. The molecule has 0 radical (unpaired) electrons. The van der Waals surface area contributed by atoms with E-state index in [-0.39, 0.29) is 11.9 Å². The highest BCUT2D eigenvalue weighted by Crippen LogP contribution is 2.24. The number of rotatable bonds is 8. The van der Waals surface area contributed by atoms with Crippen molar-refractivity contribution in [3.05, 3.63) is 65.9 Å². The number of fused-ring (bicyclic) bond motifs is 1. The zero-order chi connectivity index (χ0) is 20.9. The van der Waals surface area contributed by atoms with Crippen LogP contribution in [0.25, 0.3) is 21.5 Å². The number of carbonyl (C=O) groups is 1. The molecule has 154 valence electrons. The minimum absolute atomic E-state index is 0.0586. The molecule has 1 N–H and O–H groups in total. The topological polar surface area (TPSA) is 71.3 Å². The van der Waals surface area contributed by atoms with E-state index in [9.17, 15) is 4.79 Å². The lowest BCUT2D eigenvalue weighted by molar-refractivity contribution is -0.121. The van der Waals surface area contributed by atoms with Gasteiger partial charge in [-0.2, -0.15) is 0 Å². The maximum Gasteiger partial charge on any atom is 0.257 e. The fourth-order valence-electron chi connectivity index (χ4n) is 3.37. The molecule has 4 aromatic rings. The lowest BCUT2D eigenvalue weighted by Crippen LogP contribution is -2.42. The molecule has 2 aromatic carbocycles. The summed E-state index contributed by atoms with van der Waals surface area (Å²) in [6.07, 6.45) is 0.916. The van der Waals surface area contributed by atoms with Gasteiger partial charge in [0.25, 0.3) is 5.89 Å². The maximum atomic E-state index is 12.9. The van der Waals surface area contributed by atoms with Gasteiger partial charge in [-0.15, -0.1) is 21.5 Å². The van der Waals surface area contributed by atoms with Gasteiger partial charge in [0.2, 0.25) is 11.8 Å². The van der Waals surface area contributed by atoms with Gasteiger partial charge in [0.05, 0.1) is 17.5 Å². The first kappa shape index (κ1) is 20.3. The van der Waals surface area contributed by atoms with Crippen molar-refractivity contribution in [3.8, 4) is 10.8 Å². The van der Waals surface area contributed by atoms with Gasteiger partial charge in [-0.1, -0.05) is 43.3 Å². The molecule has 0 saturated carbocycles. The zero-order valence-electron chi connectivity index (χ0n) is 17.0. The summed E-state index contributed by atoms with van der Waals surface area (Å²) in [5.41, 5.74) is 0.791. The predicted octanol–water partition coefficient (Wildman–Crippen LogP) is 5.19. The van der Waals surface area contributed by atoms with Crippen molar-refractivity contribution in [1.82, 2.24) is 15.1 Å². The molecule has 6 nitrogen and oxygen atoms in total. The minimum atomic E-state index is -0.339. The van der Waals surface area contributed by atoms with E-state index in [0.29, 0.717) is 18.3 Å². The molecular formula is C23H24N4O2S. The number of carbonyl (C=O) groups excluding carboxylic acids is 1. The maximum absolute atomic E-state index is 12.9. The second kappa shape index (κ2) is 9.19. The van der Waals surface area contributed by atoms with Gasteiger partial charge < -0.3 is 9.73 Å². The second-order valence-electron chi connectivity index (χ2n) is 7.18. The molecule has 4 rings (SSSR count). The molecule has 2 aromatic heterocycles. The van der Waals surface area contributed by atoms with Crippen LogP contribution >= 0.6 is 11.3 Å². The number of hydrogen-bond acceptors (Lipinski definition) is 6. The van der Waals surface area contributed by atoms with Gasteiger partial charge in [0, 0.05) is 5.69 Å². The summed E-state index contributed by atoms with van der Waals surface area (Å²) in [5.74, 6) is 0.971. The van der Waals surface area contributed by atoms with E-state index in [0.717, 1.165) is 34.3 Å². The van der Waals surface area contributed by atoms with Gasteiger partial charge >= 0.3 is 0 Å². The highest BCUT2D eigenvalue weighted by Gasteiger charge is 2.23. The quantitative estimate of drug-likeness (QED) is 0.425. The van der Waals surface area contributed by atoms with E-state index in [1.54, 1.807) is 11.3 Å². The molecule has 0 spiro atoms. The summed E-state index contributed by atoms with van der Waals surface area (Å²) >= 11 is 1.56. The number of amides is 1. The number of hydrogen-bond donors (Lipinski definition) is 1. The van der Waals surface area contributed by atoms with Crippen molar-refractivity contribution in [3.63, 3.8) is 0 Å². The summed E-state index contributed by atoms with van der Waals surface area (Å²) in [7, 11) is 0.